The Morgan fingerprint density at radius 1 is 1.07 bits per heavy atom. The van der Waals surface area contributed by atoms with Crippen molar-refractivity contribution in [1.29, 1.82) is 0 Å². The van der Waals surface area contributed by atoms with Crippen molar-refractivity contribution in [2.24, 2.45) is 11.8 Å². The van der Waals surface area contributed by atoms with E-state index in [0.717, 1.165) is 17.0 Å². The van der Waals surface area contributed by atoms with Crippen LogP contribution in [0.2, 0.25) is 0 Å². The first-order valence-corrected chi connectivity index (χ1v) is 9.88. The molecule has 7 nitrogen and oxygen atoms in total. The molecule has 146 valence electrons. The van der Waals surface area contributed by atoms with E-state index in [-0.39, 0.29) is 17.9 Å². The molecular formula is C19H27N5O2S. The predicted molar refractivity (Wildman–Crippen MR) is 108 cm³/mol. The zero-order valence-corrected chi connectivity index (χ0v) is 17.0. The van der Waals surface area contributed by atoms with Gasteiger partial charge in [-0.25, -0.2) is 4.79 Å². The quantitative estimate of drug-likeness (QED) is 0.646. The summed E-state index contributed by atoms with van der Waals surface area (Å²) in [5, 5.41) is 17.7. The number of nitrogens with one attached hydrogen (secondary N) is 3. The summed E-state index contributed by atoms with van der Waals surface area (Å²) in [6.45, 7) is 8.37. The summed E-state index contributed by atoms with van der Waals surface area (Å²) < 4.78 is 0. The molecule has 0 spiro atoms. The van der Waals surface area contributed by atoms with Crippen LogP contribution in [0.5, 0.6) is 0 Å². The second kappa shape index (κ2) is 10.0. The Labute approximate surface area is 164 Å². The highest BCUT2D eigenvalue weighted by molar-refractivity contribution is 7.15. The zero-order chi connectivity index (χ0) is 19.8. The van der Waals surface area contributed by atoms with E-state index in [2.05, 4.69) is 40.0 Å². The number of aromatic nitrogens is 2. The van der Waals surface area contributed by atoms with E-state index in [1.807, 2.05) is 44.2 Å². The van der Waals surface area contributed by atoms with Crippen LogP contribution in [0.15, 0.2) is 30.3 Å². The van der Waals surface area contributed by atoms with Gasteiger partial charge in [0.25, 0.3) is 0 Å². The van der Waals surface area contributed by atoms with Crippen LogP contribution in [0, 0.1) is 11.8 Å². The third-order valence-corrected chi connectivity index (χ3v) is 4.67. The van der Waals surface area contributed by atoms with Crippen molar-refractivity contribution in [3.63, 3.8) is 0 Å². The molecule has 8 heteroatoms. The topological polar surface area (TPSA) is 96.0 Å². The van der Waals surface area contributed by atoms with Crippen molar-refractivity contribution in [3.8, 4) is 0 Å². The minimum Gasteiger partial charge on any atom is -0.334 e. The number of hydrogen-bond acceptors (Lipinski definition) is 5. The molecule has 0 aliphatic rings. The fraction of sp³-hybridized carbons (Fsp3) is 0.474. The molecule has 0 saturated carbocycles. The molecule has 2 rings (SSSR count). The van der Waals surface area contributed by atoms with E-state index in [1.165, 1.54) is 11.3 Å². The van der Waals surface area contributed by atoms with Crippen LogP contribution >= 0.6 is 11.3 Å². The van der Waals surface area contributed by atoms with Gasteiger partial charge in [0.2, 0.25) is 11.0 Å². The third kappa shape index (κ3) is 6.97. The van der Waals surface area contributed by atoms with Crippen LogP contribution in [0.3, 0.4) is 0 Å². The van der Waals surface area contributed by atoms with Gasteiger partial charge < -0.3 is 10.6 Å². The van der Waals surface area contributed by atoms with Crippen LogP contribution in [-0.4, -0.2) is 28.2 Å². The van der Waals surface area contributed by atoms with Gasteiger partial charge in [0, 0.05) is 13.0 Å². The van der Waals surface area contributed by atoms with Crippen LogP contribution in [0.25, 0.3) is 0 Å². The van der Waals surface area contributed by atoms with Crippen molar-refractivity contribution in [1.82, 2.24) is 20.8 Å². The average Bonchev–Trinajstić information content (AvgIpc) is 3.04. The summed E-state index contributed by atoms with van der Waals surface area (Å²) >= 11 is 1.36. The van der Waals surface area contributed by atoms with Gasteiger partial charge in [-0.05, 0) is 17.4 Å². The maximum absolute atomic E-state index is 12.6. The molecule has 1 aromatic carbocycles. The van der Waals surface area contributed by atoms with Gasteiger partial charge in [-0.3, -0.25) is 10.1 Å². The van der Waals surface area contributed by atoms with Crippen LogP contribution < -0.4 is 16.0 Å². The lowest BCUT2D eigenvalue weighted by Crippen LogP contribution is -2.50. The number of rotatable bonds is 8. The molecule has 1 heterocycles. The average molecular weight is 390 g/mol. The fourth-order valence-corrected chi connectivity index (χ4v) is 3.38. The summed E-state index contributed by atoms with van der Waals surface area (Å²) in [6, 6.07) is 8.55. The number of carbonyl (C=O) groups excluding carboxylic acids is 2. The predicted octanol–water partition coefficient (Wildman–Crippen LogP) is 3.20. The fourth-order valence-electron chi connectivity index (χ4n) is 2.42. The van der Waals surface area contributed by atoms with Crippen LogP contribution in [0.1, 0.15) is 38.3 Å². The number of carbonyl (C=O) groups is 2. The maximum Gasteiger partial charge on any atom is 0.315 e. The lowest BCUT2D eigenvalue weighted by Gasteiger charge is -2.21. The smallest absolute Gasteiger partial charge is 0.315 e. The third-order valence-electron chi connectivity index (χ3n) is 3.81. The Morgan fingerprint density at radius 3 is 2.41 bits per heavy atom. The Bertz CT molecular complexity index is 746. The molecule has 3 N–H and O–H groups in total. The zero-order valence-electron chi connectivity index (χ0n) is 16.2. The van der Waals surface area contributed by atoms with Crippen molar-refractivity contribution in [2.75, 3.05) is 5.32 Å². The van der Waals surface area contributed by atoms with E-state index in [9.17, 15) is 9.59 Å². The van der Waals surface area contributed by atoms with E-state index in [4.69, 9.17) is 0 Å². The van der Waals surface area contributed by atoms with E-state index >= 15 is 0 Å². The van der Waals surface area contributed by atoms with Gasteiger partial charge >= 0.3 is 6.03 Å². The first-order chi connectivity index (χ1) is 12.8. The Kier molecular flexibility index (Phi) is 7.72. The Morgan fingerprint density at radius 2 is 1.78 bits per heavy atom. The SMILES string of the molecule is CC(C)Cc1nnc(NC(=O)C(NC(=O)NCc2ccccc2)C(C)C)s1. The number of amides is 3. The number of hydrogen-bond donors (Lipinski definition) is 3. The highest BCUT2D eigenvalue weighted by Gasteiger charge is 2.25. The molecular weight excluding hydrogens is 362 g/mol. The van der Waals surface area contributed by atoms with Crippen molar-refractivity contribution < 1.29 is 9.59 Å². The van der Waals surface area contributed by atoms with Crippen LogP contribution in [0.4, 0.5) is 9.93 Å². The maximum atomic E-state index is 12.6. The molecule has 3 amide bonds. The van der Waals surface area contributed by atoms with Gasteiger partial charge in [-0.2, -0.15) is 0 Å². The molecule has 0 fully saturated rings. The summed E-state index contributed by atoms with van der Waals surface area (Å²) in [5.41, 5.74) is 0.991. The lowest BCUT2D eigenvalue weighted by molar-refractivity contribution is -0.118. The number of nitrogens with zero attached hydrogens (tertiary/aromatic N) is 2. The molecule has 0 bridgehead atoms. The van der Waals surface area contributed by atoms with Gasteiger partial charge in [0.15, 0.2) is 0 Å². The van der Waals surface area contributed by atoms with Gasteiger partial charge in [-0.1, -0.05) is 69.4 Å². The first-order valence-electron chi connectivity index (χ1n) is 9.06. The Balaban J connectivity index is 1.90. The summed E-state index contributed by atoms with van der Waals surface area (Å²) in [5.74, 6) is 0.0996. The highest BCUT2D eigenvalue weighted by atomic mass is 32.1. The van der Waals surface area contributed by atoms with Crippen molar-refractivity contribution in [2.45, 2.75) is 46.7 Å². The van der Waals surface area contributed by atoms with Gasteiger partial charge in [0.1, 0.15) is 11.0 Å². The molecule has 0 saturated heterocycles. The van der Waals surface area contributed by atoms with Gasteiger partial charge in [0.05, 0.1) is 0 Å². The standard InChI is InChI=1S/C19H27N5O2S/c1-12(2)10-15-23-24-19(27-15)22-17(25)16(13(3)4)21-18(26)20-11-14-8-6-5-7-9-14/h5-9,12-13,16H,10-11H2,1-4H3,(H2,20,21,26)(H,22,24,25). The van der Waals surface area contributed by atoms with Crippen molar-refractivity contribution in [3.05, 3.63) is 40.9 Å². The first kappa shape index (κ1) is 20.8. The summed E-state index contributed by atoms with van der Waals surface area (Å²) in [6.07, 6.45) is 0.821. The molecule has 2 aromatic rings. The van der Waals surface area contributed by atoms with Gasteiger partial charge in [-0.15, -0.1) is 10.2 Å². The highest BCUT2D eigenvalue weighted by Crippen LogP contribution is 2.19. The molecule has 1 atom stereocenters. The molecule has 1 unspecified atom stereocenters. The number of urea groups is 1. The monoisotopic (exact) mass is 389 g/mol. The minimum atomic E-state index is -0.668. The molecule has 27 heavy (non-hydrogen) atoms. The Hall–Kier alpha value is -2.48. The second-order valence-electron chi connectivity index (χ2n) is 7.12. The lowest BCUT2D eigenvalue weighted by atomic mass is 10.0. The minimum absolute atomic E-state index is 0.0736. The number of anilines is 1. The molecule has 0 radical (unpaired) electrons. The number of benzene rings is 1. The summed E-state index contributed by atoms with van der Waals surface area (Å²) in [7, 11) is 0. The second-order valence-corrected chi connectivity index (χ2v) is 8.18. The largest absolute Gasteiger partial charge is 0.334 e. The van der Waals surface area contributed by atoms with E-state index in [1.54, 1.807) is 0 Å². The van der Waals surface area contributed by atoms with Crippen LogP contribution in [-0.2, 0) is 17.8 Å². The normalized spacial score (nSPS) is 12.1. The molecule has 0 aliphatic heterocycles. The van der Waals surface area contributed by atoms with Crippen molar-refractivity contribution >= 4 is 28.4 Å². The van der Waals surface area contributed by atoms with E-state index in [0.29, 0.717) is 17.6 Å². The molecule has 0 aliphatic carbocycles. The summed E-state index contributed by atoms with van der Waals surface area (Å²) in [4.78, 5) is 24.8. The van der Waals surface area contributed by atoms with E-state index < -0.39 is 6.04 Å². The molecule has 1 aromatic heterocycles.